The molecule has 4 fully saturated rings. The summed E-state index contributed by atoms with van der Waals surface area (Å²) in [5.74, 6) is -3.33. The van der Waals surface area contributed by atoms with E-state index in [4.69, 9.17) is 9.47 Å². The predicted octanol–water partition coefficient (Wildman–Crippen LogP) is 3.11. The number of rotatable bonds is 14. The molecule has 3 heterocycles. The van der Waals surface area contributed by atoms with Crippen LogP contribution in [0.4, 0.5) is 0 Å². The topological polar surface area (TPSA) is 125 Å². The SMILES string of the molecule is C=CCCC(=O)NC[C@@H](C)OC(=O)[C@@H]1[C@H]2O[C@@]3(CC2Br)[C@H](C(=O)N(CC=C)C2CCCCC2)N([C@@H](CO)C(C)C)C(=O)[C@@H]13. The van der Waals surface area contributed by atoms with E-state index in [1.54, 1.807) is 19.1 Å². The Morgan fingerprint density at radius 3 is 2.51 bits per heavy atom. The van der Waals surface area contributed by atoms with Crippen molar-refractivity contribution in [3.63, 3.8) is 0 Å². The minimum Gasteiger partial charge on any atom is -0.460 e. The summed E-state index contributed by atoms with van der Waals surface area (Å²) in [7, 11) is 0. The first-order valence-electron chi connectivity index (χ1n) is 15.8. The third-order valence-corrected chi connectivity index (χ3v) is 10.5. The largest absolute Gasteiger partial charge is 0.460 e. The summed E-state index contributed by atoms with van der Waals surface area (Å²) in [6.07, 6.45) is 8.26. The zero-order chi connectivity index (χ0) is 31.5. The second-order valence-corrected chi connectivity index (χ2v) is 14.0. The normalized spacial score (nSPS) is 31.4. The van der Waals surface area contributed by atoms with Gasteiger partial charge in [0.25, 0.3) is 0 Å². The number of aliphatic hydroxyl groups excluding tert-OH is 1. The second kappa shape index (κ2) is 14.2. The van der Waals surface area contributed by atoms with Crippen LogP contribution >= 0.6 is 15.9 Å². The zero-order valence-corrected chi connectivity index (χ0v) is 27.3. The quantitative estimate of drug-likeness (QED) is 0.166. The van der Waals surface area contributed by atoms with Crippen LogP contribution in [0.1, 0.15) is 72.1 Å². The minimum atomic E-state index is -1.24. The summed E-state index contributed by atoms with van der Waals surface area (Å²) in [6.45, 7) is 13.2. The monoisotopic (exact) mass is 665 g/mol. The number of ether oxygens (including phenoxy) is 2. The lowest BCUT2D eigenvalue weighted by Crippen LogP contribution is -2.61. The Morgan fingerprint density at radius 2 is 1.91 bits per heavy atom. The number of hydrogen-bond donors (Lipinski definition) is 2. The molecule has 4 aliphatic rings. The molecule has 4 rings (SSSR count). The lowest BCUT2D eigenvalue weighted by molar-refractivity contribution is -0.160. The molecule has 0 aromatic carbocycles. The van der Waals surface area contributed by atoms with Crippen LogP contribution < -0.4 is 5.32 Å². The highest BCUT2D eigenvalue weighted by Gasteiger charge is 2.77. The molecule has 3 amide bonds. The number of alkyl halides is 1. The van der Waals surface area contributed by atoms with E-state index in [9.17, 15) is 24.3 Å². The van der Waals surface area contributed by atoms with Crippen molar-refractivity contribution in [3.8, 4) is 0 Å². The van der Waals surface area contributed by atoms with E-state index in [-0.39, 0.29) is 47.7 Å². The number of likely N-dealkylation sites (tertiary alicyclic amines) is 1. The van der Waals surface area contributed by atoms with E-state index in [1.165, 1.54) is 4.90 Å². The Labute approximate surface area is 263 Å². The molecule has 2 bridgehead atoms. The Morgan fingerprint density at radius 1 is 1.21 bits per heavy atom. The molecule has 0 aromatic heterocycles. The molecule has 1 aliphatic carbocycles. The number of allylic oxidation sites excluding steroid dienone is 1. The Hall–Kier alpha value is -2.24. The van der Waals surface area contributed by atoms with Crippen LogP contribution in [0.5, 0.6) is 0 Å². The van der Waals surface area contributed by atoms with Crippen molar-refractivity contribution in [2.75, 3.05) is 19.7 Å². The first-order valence-corrected chi connectivity index (χ1v) is 16.7. The van der Waals surface area contributed by atoms with E-state index in [2.05, 4.69) is 34.4 Å². The Bertz CT molecular complexity index is 1080. The van der Waals surface area contributed by atoms with Gasteiger partial charge in [-0.2, -0.15) is 0 Å². The van der Waals surface area contributed by atoms with Crippen LogP contribution in [0.25, 0.3) is 0 Å². The molecule has 240 valence electrons. The standard InChI is InChI=1S/C32H48BrN3O7/c1-6-8-14-24(38)34-17-20(5)42-31(41)25-26-29(39)36(23(18-37)19(3)4)28(32(26)16-22(33)27(25)43-32)30(40)35(15-7-2)21-12-10-9-11-13-21/h6-7,19-23,25-28,37H,1-2,8-18H2,3-5H3,(H,34,38)/t20-,22?,23+,25+,26-,27+,28+,32-/m1/s1. The molecule has 0 aromatic rings. The van der Waals surface area contributed by atoms with Gasteiger partial charge in [-0.05, 0) is 38.5 Å². The molecule has 11 heteroatoms. The number of amides is 3. The van der Waals surface area contributed by atoms with E-state index < -0.39 is 47.7 Å². The highest BCUT2D eigenvalue weighted by atomic mass is 79.9. The maximum Gasteiger partial charge on any atom is 0.312 e. The fourth-order valence-corrected chi connectivity index (χ4v) is 8.54. The van der Waals surface area contributed by atoms with Crippen molar-refractivity contribution in [2.45, 2.75) is 113 Å². The van der Waals surface area contributed by atoms with Gasteiger partial charge in [-0.1, -0.05) is 61.2 Å². The first kappa shape index (κ1) is 33.6. The predicted molar refractivity (Wildman–Crippen MR) is 165 cm³/mol. The fraction of sp³-hybridized carbons (Fsp3) is 0.750. The molecule has 1 spiro atoms. The average Bonchev–Trinajstić information content (AvgIpc) is 3.57. The van der Waals surface area contributed by atoms with Gasteiger partial charge in [0.05, 0.1) is 37.1 Å². The number of esters is 1. The lowest BCUT2D eigenvalue weighted by atomic mass is 9.70. The molecule has 2 N–H and O–H groups in total. The zero-order valence-electron chi connectivity index (χ0n) is 25.7. The van der Waals surface area contributed by atoms with Crippen LogP contribution in [0, 0.1) is 17.8 Å². The first-order chi connectivity index (χ1) is 20.5. The van der Waals surface area contributed by atoms with Gasteiger partial charge in [-0.15, -0.1) is 13.2 Å². The summed E-state index contributed by atoms with van der Waals surface area (Å²) < 4.78 is 12.4. The van der Waals surface area contributed by atoms with Crippen molar-refractivity contribution < 1.29 is 33.8 Å². The number of halogens is 1. The van der Waals surface area contributed by atoms with E-state index in [0.29, 0.717) is 25.8 Å². The number of aliphatic hydroxyl groups is 1. The van der Waals surface area contributed by atoms with Crippen LogP contribution in [-0.4, -0.2) is 99.1 Å². The summed E-state index contributed by atoms with van der Waals surface area (Å²) in [5, 5.41) is 13.2. The number of hydrogen-bond acceptors (Lipinski definition) is 7. The van der Waals surface area contributed by atoms with Gasteiger partial charge in [0, 0.05) is 23.8 Å². The molecule has 43 heavy (non-hydrogen) atoms. The van der Waals surface area contributed by atoms with Gasteiger partial charge in [-0.25, -0.2) is 0 Å². The van der Waals surface area contributed by atoms with Gasteiger partial charge in [0.1, 0.15) is 17.7 Å². The van der Waals surface area contributed by atoms with E-state index in [0.717, 1.165) is 32.1 Å². The Kier molecular flexibility index (Phi) is 11.1. The van der Waals surface area contributed by atoms with Gasteiger partial charge in [-0.3, -0.25) is 19.2 Å². The molecule has 8 atom stereocenters. The average molecular weight is 667 g/mol. The van der Waals surface area contributed by atoms with E-state index >= 15 is 0 Å². The molecule has 1 unspecified atom stereocenters. The van der Waals surface area contributed by atoms with Gasteiger partial charge >= 0.3 is 5.97 Å². The molecule has 1 saturated carbocycles. The Balaban J connectivity index is 1.65. The molecular formula is C32H48BrN3O7. The highest BCUT2D eigenvalue weighted by molar-refractivity contribution is 9.09. The molecule has 0 radical (unpaired) electrons. The molecular weight excluding hydrogens is 618 g/mol. The van der Waals surface area contributed by atoms with Crippen LogP contribution in [0.3, 0.4) is 0 Å². The number of carbonyl (C=O) groups is 4. The maximum atomic E-state index is 14.7. The van der Waals surface area contributed by atoms with Crippen molar-refractivity contribution in [3.05, 3.63) is 25.3 Å². The summed E-state index contributed by atoms with van der Waals surface area (Å²) in [6, 6.07) is -1.59. The summed E-state index contributed by atoms with van der Waals surface area (Å²) in [5.41, 5.74) is -1.24. The second-order valence-electron chi connectivity index (χ2n) is 12.9. The smallest absolute Gasteiger partial charge is 0.312 e. The molecule has 3 aliphatic heterocycles. The fourth-order valence-electron chi connectivity index (χ4n) is 7.60. The molecule has 10 nitrogen and oxygen atoms in total. The number of fused-ring (bicyclic) bond motifs is 1. The highest BCUT2D eigenvalue weighted by Crippen LogP contribution is 2.61. The van der Waals surface area contributed by atoms with E-state index in [1.807, 2.05) is 18.7 Å². The van der Waals surface area contributed by atoms with Crippen molar-refractivity contribution in [1.82, 2.24) is 15.1 Å². The summed E-state index contributed by atoms with van der Waals surface area (Å²) >= 11 is 3.70. The summed E-state index contributed by atoms with van der Waals surface area (Å²) in [4.78, 5) is 58.0. The third kappa shape index (κ3) is 6.45. The van der Waals surface area contributed by atoms with Gasteiger partial charge in [0.2, 0.25) is 17.7 Å². The van der Waals surface area contributed by atoms with Crippen molar-refractivity contribution >= 4 is 39.6 Å². The number of carbonyl (C=O) groups excluding carboxylic acids is 4. The molecule has 3 saturated heterocycles. The minimum absolute atomic E-state index is 0.0277. The van der Waals surface area contributed by atoms with Crippen molar-refractivity contribution in [1.29, 1.82) is 0 Å². The van der Waals surface area contributed by atoms with Crippen LogP contribution in [-0.2, 0) is 28.7 Å². The van der Waals surface area contributed by atoms with Crippen LogP contribution in [0.2, 0.25) is 0 Å². The third-order valence-electron chi connectivity index (χ3n) is 9.65. The van der Waals surface area contributed by atoms with Crippen LogP contribution in [0.15, 0.2) is 25.3 Å². The maximum absolute atomic E-state index is 14.7. The lowest BCUT2D eigenvalue weighted by Gasteiger charge is -2.43. The number of nitrogens with zero attached hydrogens (tertiary/aromatic N) is 2. The van der Waals surface area contributed by atoms with Gasteiger partial charge < -0.3 is 29.7 Å². The number of nitrogens with one attached hydrogen (secondary N) is 1. The van der Waals surface area contributed by atoms with Gasteiger partial charge in [0.15, 0.2) is 0 Å². The van der Waals surface area contributed by atoms with Crippen molar-refractivity contribution in [2.24, 2.45) is 17.8 Å².